The van der Waals surface area contributed by atoms with E-state index in [1.807, 2.05) is 57.3 Å². The minimum Gasteiger partial charge on any atom is -0.366 e. The first kappa shape index (κ1) is 13.1. The molecule has 0 fully saturated rings. The van der Waals surface area contributed by atoms with E-state index >= 15 is 0 Å². The molecule has 3 nitrogen and oxygen atoms in total. The summed E-state index contributed by atoms with van der Waals surface area (Å²) < 4.78 is 2.08. The van der Waals surface area contributed by atoms with Crippen LogP contribution in [0.2, 0.25) is 0 Å². The molecule has 3 aromatic rings. The molecule has 1 heterocycles. The molecule has 3 rings (SSSR count). The second kappa shape index (κ2) is 5.14. The third-order valence-electron chi connectivity index (χ3n) is 3.20. The summed E-state index contributed by atoms with van der Waals surface area (Å²) in [5.41, 5.74) is 8.15. The van der Waals surface area contributed by atoms with E-state index in [9.17, 15) is 4.79 Å². The summed E-state index contributed by atoms with van der Waals surface area (Å²) in [5, 5.41) is 2.01. The maximum absolute atomic E-state index is 11.5. The first-order valence-electron chi connectivity index (χ1n) is 6.46. The zero-order valence-electron chi connectivity index (χ0n) is 11.5. The fourth-order valence-corrected chi connectivity index (χ4v) is 2.42. The summed E-state index contributed by atoms with van der Waals surface area (Å²) in [6.45, 7) is 4.00. The Bertz CT molecular complexity index is 741. The van der Waals surface area contributed by atoms with Crippen LogP contribution in [-0.2, 0) is 7.05 Å². The van der Waals surface area contributed by atoms with Gasteiger partial charge in [-0.25, -0.2) is 0 Å². The van der Waals surface area contributed by atoms with E-state index < -0.39 is 0 Å². The van der Waals surface area contributed by atoms with Gasteiger partial charge in [0.2, 0.25) is 5.91 Å². The molecular formula is C16H18N2O. The van der Waals surface area contributed by atoms with Crippen molar-refractivity contribution >= 4 is 27.7 Å². The van der Waals surface area contributed by atoms with Crippen LogP contribution < -0.4 is 5.73 Å². The minimum atomic E-state index is -0.382. The van der Waals surface area contributed by atoms with Gasteiger partial charge in [0.15, 0.2) is 0 Å². The second-order valence-electron chi connectivity index (χ2n) is 4.14. The maximum Gasteiger partial charge on any atom is 0.249 e. The molecule has 19 heavy (non-hydrogen) atoms. The van der Waals surface area contributed by atoms with Crippen LogP contribution in [-0.4, -0.2) is 10.5 Å². The number of aryl methyl sites for hydroxylation is 1. The largest absolute Gasteiger partial charge is 0.366 e. The van der Waals surface area contributed by atoms with Crippen molar-refractivity contribution in [3.63, 3.8) is 0 Å². The van der Waals surface area contributed by atoms with Gasteiger partial charge in [0.1, 0.15) is 0 Å². The van der Waals surface area contributed by atoms with E-state index in [0.29, 0.717) is 5.56 Å². The van der Waals surface area contributed by atoms with Gasteiger partial charge in [0.25, 0.3) is 0 Å². The lowest BCUT2D eigenvalue weighted by molar-refractivity contribution is 0.100. The summed E-state index contributed by atoms with van der Waals surface area (Å²) >= 11 is 0. The van der Waals surface area contributed by atoms with E-state index in [2.05, 4.69) is 4.57 Å². The summed E-state index contributed by atoms with van der Waals surface area (Å²) in [7, 11) is 2.00. The fraction of sp³-hybridized carbons (Fsp3) is 0.188. The van der Waals surface area contributed by atoms with Gasteiger partial charge in [-0.15, -0.1) is 0 Å². The van der Waals surface area contributed by atoms with Crippen LogP contribution in [0.15, 0.2) is 42.5 Å². The number of rotatable bonds is 1. The normalized spacial score (nSPS) is 10.3. The lowest BCUT2D eigenvalue weighted by Crippen LogP contribution is -2.11. The Balaban J connectivity index is 0.000000637. The Kier molecular flexibility index (Phi) is 3.56. The molecule has 2 N–H and O–H groups in total. The van der Waals surface area contributed by atoms with Crippen LogP contribution in [0.5, 0.6) is 0 Å². The summed E-state index contributed by atoms with van der Waals surface area (Å²) in [5.74, 6) is -0.382. The fourth-order valence-electron chi connectivity index (χ4n) is 2.42. The van der Waals surface area contributed by atoms with Crippen molar-refractivity contribution in [2.75, 3.05) is 0 Å². The van der Waals surface area contributed by atoms with Gasteiger partial charge in [-0.2, -0.15) is 0 Å². The van der Waals surface area contributed by atoms with Crippen molar-refractivity contribution < 1.29 is 4.79 Å². The molecule has 1 amide bonds. The maximum atomic E-state index is 11.5. The molecule has 0 aliphatic carbocycles. The molecule has 3 heteroatoms. The van der Waals surface area contributed by atoms with E-state index in [0.717, 1.165) is 21.8 Å². The lowest BCUT2D eigenvalue weighted by Gasteiger charge is -1.99. The second-order valence-corrected chi connectivity index (χ2v) is 4.14. The molecule has 2 aromatic carbocycles. The third-order valence-corrected chi connectivity index (χ3v) is 3.20. The molecule has 0 atom stereocenters. The number of hydrogen-bond acceptors (Lipinski definition) is 1. The summed E-state index contributed by atoms with van der Waals surface area (Å²) in [6, 6.07) is 13.7. The van der Waals surface area contributed by atoms with Crippen LogP contribution in [0.1, 0.15) is 24.2 Å². The number of aromatic nitrogens is 1. The standard InChI is InChI=1S/C14H12N2O.C2H6/c1-16-11-7-3-2-5-9(11)13-10(14(15)17)6-4-8-12(13)16;1-2/h2-8H,1H3,(H2,15,17);1-2H3. The molecule has 0 aliphatic heterocycles. The van der Waals surface area contributed by atoms with Crippen LogP contribution in [0.25, 0.3) is 21.8 Å². The Morgan fingerprint density at radius 3 is 2.32 bits per heavy atom. The number of fused-ring (bicyclic) bond motifs is 3. The highest BCUT2D eigenvalue weighted by Crippen LogP contribution is 2.30. The number of benzene rings is 2. The first-order chi connectivity index (χ1) is 9.20. The van der Waals surface area contributed by atoms with Crippen molar-refractivity contribution in [3.8, 4) is 0 Å². The number of carbonyl (C=O) groups excluding carboxylic acids is 1. The van der Waals surface area contributed by atoms with Crippen LogP contribution in [0.4, 0.5) is 0 Å². The van der Waals surface area contributed by atoms with Gasteiger partial charge in [0, 0.05) is 34.4 Å². The molecule has 0 saturated heterocycles. The number of carbonyl (C=O) groups is 1. The molecule has 0 radical (unpaired) electrons. The number of para-hydroxylation sites is 1. The van der Waals surface area contributed by atoms with Gasteiger partial charge in [0.05, 0.1) is 0 Å². The predicted octanol–water partition coefficient (Wildman–Crippen LogP) is 3.46. The van der Waals surface area contributed by atoms with Crippen molar-refractivity contribution in [2.45, 2.75) is 13.8 Å². The topological polar surface area (TPSA) is 48.0 Å². The highest BCUT2D eigenvalue weighted by Gasteiger charge is 2.13. The highest BCUT2D eigenvalue weighted by molar-refractivity contribution is 6.17. The highest BCUT2D eigenvalue weighted by atomic mass is 16.1. The van der Waals surface area contributed by atoms with E-state index in [4.69, 9.17) is 5.73 Å². The van der Waals surface area contributed by atoms with Gasteiger partial charge in [-0.05, 0) is 18.2 Å². The molecule has 0 unspecified atom stereocenters. The molecule has 0 aliphatic rings. The zero-order chi connectivity index (χ0) is 14.0. The number of primary amides is 1. The molecule has 0 saturated carbocycles. The number of hydrogen-bond donors (Lipinski definition) is 1. The average molecular weight is 254 g/mol. The van der Waals surface area contributed by atoms with Gasteiger partial charge >= 0.3 is 0 Å². The van der Waals surface area contributed by atoms with Crippen molar-refractivity contribution in [2.24, 2.45) is 12.8 Å². The summed E-state index contributed by atoms with van der Waals surface area (Å²) in [6.07, 6.45) is 0. The van der Waals surface area contributed by atoms with Crippen molar-refractivity contribution in [1.29, 1.82) is 0 Å². The van der Waals surface area contributed by atoms with Gasteiger partial charge < -0.3 is 10.3 Å². The monoisotopic (exact) mass is 254 g/mol. The van der Waals surface area contributed by atoms with E-state index in [1.165, 1.54) is 0 Å². The minimum absolute atomic E-state index is 0.382. The lowest BCUT2D eigenvalue weighted by atomic mass is 10.1. The Labute approximate surface area is 112 Å². The Morgan fingerprint density at radius 1 is 1.00 bits per heavy atom. The van der Waals surface area contributed by atoms with Gasteiger partial charge in [-0.3, -0.25) is 4.79 Å². The number of nitrogens with two attached hydrogens (primary N) is 1. The first-order valence-corrected chi connectivity index (χ1v) is 6.46. The quantitative estimate of drug-likeness (QED) is 0.710. The third kappa shape index (κ3) is 1.97. The van der Waals surface area contributed by atoms with E-state index in [1.54, 1.807) is 6.07 Å². The van der Waals surface area contributed by atoms with Crippen molar-refractivity contribution in [3.05, 3.63) is 48.0 Å². The molecule has 98 valence electrons. The molecule has 1 aromatic heterocycles. The number of nitrogens with zero attached hydrogens (tertiary/aromatic N) is 1. The zero-order valence-corrected chi connectivity index (χ0v) is 11.5. The molecular weight excluding hydrogens is 236 g/mol. The smallest absolute Gasteiger partial charge is 0.249 e. The Morgan fingerprint density at radius 2 is 1.63 bits per heavy atom. The number of amides is 1. The predicted molar refractivity (Wildman–Crippen MR) is 80.3 cm³/mol. The average Bonchev–Trinajstić information content (AvgIpc) is 2.75. The summed E-state index contributed by atoms with van der Waals surface area (Å²) in [4.78, 5) is 11.5. The van der Waals surface area contributed by atoms with Crippen molar-refractivity contribution in [1.82, 2.24) is 4.57 Å². The van der Waals surface area contributed by atoms with Crippen LogP contribution in [0, 0.1) is 0 Å². The van der Waals surface area contributed by atoms with Crippen LogP contribution in [0.3, 0.4) is 0 Å². The van der Waals surface area contributed by atoms with Crippen LogP contribution >= 0.6 is 0 Å². The van der Waals surface area contributed by atoms with E-state index in [-0.39, 0.29) is 5.91 Å². The Hall–Kier alpha value is -2.29. The SMILES string of the molecule is CC.Cn1c2ccccc2c2c(C(N)=O)cccc21. The molecule has 0 bridgehead atoms. The molecule has 0 spiro atoms. The van der Waals surface area contributed by atoms with Gasteiger partial charge in [-0.1, -0.05) is 38.1 Å².